The summed E-state index contributed by atoms with van der Waals surface area (Å²) in [5.41, 5.74) is 2.39. The van der Waals surface area contributed by atoms with Crippen molar-refractivity contribution >= 4 is 11.3 Å². The van der Waals surface area contributed by atoms with Gasteiger partial charge >= 0.3 is 0 Å². The van der Waals surface area contributed by atoms with E-state index in [1.807, 2.05) is 18.3 Å². The summed E-state index contributed by atoms with van der Waals surface area (Å²) >= 11 is 1.75. The molecule has 1 unspecified atom stereocenters. The van der Waals surface area contributed by atoms with Crippen LogP contribution in [0.25, 0.3) is 0 Å². The maximum atomic E-state index is 4.81. The van der Waals surface area contributed by atoms with E-state index in [4.69, 9.17) is 4.98 Å². The molecule has 4 heteroatoms. The molecular weight excluding hydrogens is 278 g/mol. The third-order valence-electron chi connectivity index (χ3n) is 3.38. The average Bonchev–Trinajstić information content (AvgIpc) is 2.93. The summed E-state index contributed by atoms with van der Waals surface area (Å²) in [6.45, 7) is 9.80. The van der Waals surface area contributed by atoms with Crippen LogP contribution in [0.2, 0.25) is 0 Å². The molecule has 114 valence electrons. The molecule has 0 saturated carbocycles. The van der Waals surface area contributed by atoms with E-state index >= 15 is 0 Å². The molecule has 2 aromatic rings. The molecule has 0 radical (unpaired) electrons. The van der Waals surface area contributed by atoms with E-state index in [1.54, 1.807) is 11.3 Å². The molecule has 0 aromatic carbocycles. The first kappa shape index (κ1) is 16.1. The molecule has 0 bridgehead atoms. The number of hydrogen-bond donors (Lipinski definition) is 1. The molecule has 3 nitrogen and oxygen atoms in total. The summed E-state index contributed by atoms with van der Waals surface area (Å²) in [5.74, 6) is 0. The molecule has 2 heterocycles. The Balaban J connectivity index is 2.13. The van der Waals surface area contributed by atoms with E-state index in [1.165, 1.54) is 10.7 Å². The van der Waals surface area contributed by atoms with Crippen LogP contribution in [-0.2, 0) is 11.8 Å². The third-order valence-corrected chi connectivity index (χ3v) is 4.26. The van der Waals surface area contributed by atoms with Crippen LogP contribution < -0.4 is 5.32 Å². The van der Waals surface area contributed by atoms with Crippen LogP contribution in [0.1, 0.15) is 56.6 Å². The van der Waals surface area contributed by atoms with Crippen LogP contribution in [0.15, 0.2) is 29.8 Å². The van der Waals surface area contributed by atoms with Crippen LogP contribution >= 0.6 is 11.3 Å². The second kappa shape index (κ2) is 7.14. The molecule has 2 aromatic heterocycles. The lowest BCUT2D eigenvalue weighted by atomic mass is 9.93. The van der Waals surface area contributed by atoms with Crippen LogP contribution in [0.3, 0.4) is 0 Å². The number of aromatic nitrogens is 2. The van der Waals surface area contributed by atoms with Gasteiger partial charge in [-0.1, -0.05) is 33.8 Å². The lowest BCUT2D eigenvalue weighted by Crippen LogP contribution is -2.25. The lowest BCUT2D eigenvalue weighted by molar-refractivity contribution is 0.513. The number of thiazole rings is 1. The summed E-state index contributed by atoms with van der Waals surface area (Å²) in [6, 6.07) is 6.34. The zero-order chi connectivity index (χ0) is 15.3. The first-order valence-corrected chi connectivity index (χ1v) is 8.48. The monoisotopic (exact) mass is 303 g/mol. The largest absolute Gasteiger partial charge is 0.308 e. The maximum absolute atomic E-state index is 4.81. The normalized spacial score (nSPS) is 13.3. The minimum absolute atomic E-state index is 0.117. The predicted octanol–water partition coefficient (Wildman–Crippen LogP) is 4.12. The van der Waals surface area contributed by atoms with Crippen LogP contribution in [0, 0.1) is 0 Å². The topological polar surface area (TPSA) is 37.8 Å². The van der Waals surface area contributed by atoms with Gasteiger partial charge in [0.1, 0.15) is 0 Å². The highest BCUT2D eigenvalue weighted by molar-refractivity contribution is 7.09. The Labute approximate surface area is 131 Å². The number of nitrogens with zero attached hydrogens (tertiary/aromatic N) is 2. The van der Waals surface area contributed by atoms with Gasteiger partial charge in [0, 0.05) is 23.4 Å². The van der Waals surface area contributed by atoms with E-state index in [0.717, 1.165) is 25.1 Å². The van der Waals surface area contributed by atoms with Gasteiger partial charge in [0.25, 0.3) is 0 Å². The molecule has 0 amide bonds. The molecule has 0 saturated heterocycles. The fourth-order valence-electron chi connectivity index (χ4n) is 2.11. The van der Waals surface area contributed by atoms with Crippen molar-refractivity contribution < 1.29 is 0 Å². The molecule has 0 spiro atoms. The highest BCUT2D eigenvalue weighted by Gasteiger charge is 2.20. The first-order chi connectivity index (χ1) is 10.0. The number of hydrogen-bond acceptors (Lipinski definition) is 4. The summed E-state index contributed by atoms with van der Waals surface area (Å²) < 4.78 is 0. The fraction of sp³-hybridized carbons (Fsp3) is 0.529. The van der Waals surface area contributed by atoms with Gasteiger partial charge in [0.15, 0.2) is 0 Å². The molecule has 0 fully saturated rings. The highest BCUT2D eigenvalue weighted by Crippen LogP contribution is 2.26. The van der Waals surface area contributed by atoms with Crippen molar-refractivity contribution in [3.05, 3.63) is 46.2 Å². The lowest BCUT2D eigenvalue weighted by Gasteiger charge is -2.17. The molecule has 0 aliphatic rings. The van der Waals surface area contributed by atoms with E-state index in [9.17, 15) is 0 Å². The first-order valence-electron chi connectivity index (χ1n) is 7.60. The third kappa shape index (κ3) is 4.61. The number of nitrogens with one attached hydrogen (secondary N) is 1. The Morgan fingerprint density at radius 3 is 2.67 bits per heavy atom. The molecule has 0 aliphatic carbocycles. The van der Waals surface area contributed by atoms with Gasteiger partial charge in [-0.2, -0.15) is 0 Å². The van der Waals surface area contributed by atoms with Crippen molar-refractivity contribution in [2.75, 3.05) is 6.54 Å². The summed E-state index contributed by atoms with van der Waals surface area (Å²) in [5, 5.41) is 6.95. The minimum atomic E-state index is 0.117. The SMILES string of the molecule is CCCNC(Cc1nc(C(C)(C)C)cs1)c1ccccn1. The van der Waals surface area contributed by atoms with Crippen LogP contribution in [0.5, 0.6) is 0 Å². The van der Waals surface area contributed by atoms with Gasteiger partial charge in [0.05, 0.1) is 22.4 Å². The van der Waals surface area contributed by atoms with E-state index < -0.39 is 0 Å². The van der Waals surface area contributed by atoms with Crippen LogP contribution in [-0.4, -0.2) is 16.5 Å². The van der Waals surface area contributed by atoms with Crippen molar-refractivity contribution in [2.45, 2.75) is 52.0 Å². The number of pyridine rings is 1. The van der Waals surface area contributed by atoms with Crippen molar-refractivity contribution in [2.24, 2.45) is 0 Å². The van der Waals surface area contributed by atoms with Crippen molar-refractivity contribution in [1.82, 2.24) is 15.3 Å². The maximum Gasteiger partial charge on any atom is 0.0948 e. The van der Waals surface area contributed by atoms with Gasteiger partial charge in [-0.25, -0.2) is 4.98 Å². The van der Waals surface area contributed by atoms with Gasteiger partial charge in [-0.05, 0) is 25.1 Å². The van der Waals surface area contributed by atoms with Crippen LogP contribution in [0.4, 0.5) is 0 Å². The number of rotatable bonds is 6. The average molecular weight is 303 g/mol. The van der Waals surface area contributed by atoms with Gasteiger partial charge in [-0.15, -0.1) is 11.3 Å². The van der Waals surface area contributed by atoms with Crippen molar-refractivity contribution in [3.8, 4) is 0 Å². The smallest absolute Gasteiger partial charge is 0.0948 e. The molecule has 21 heavy (non-hydrogen) atoms. The zero-order valence-corrected chi connectivity index (χ0v) is 14.2. The molecule has 2 rings (SSSR count). The molecule has 0 aliphatic heterocycles. The Morgan fingerprint density at radius 2 is 2.10 bits per heavy atom. The second-order valence-corrected chi connectivity index (χ2v) is 7.28. The second-order valence-electron chi connectivity index (χ2n) is 6.34. The summed E-state index contributed by atoms with van der Waals surface area (Å²) in [4.78, 5) is 9.30. The Kier molecular flexibility index (Phi) is 5.48. The van der Waals surface area contributed by atoms with E-state index in [0.29, 0.717) is 0 Å². The molecule has 1 N–H and O–H groups in total. The van der Waals surface area contributed by atoms with E-state index in [2.05, 4.69) is 49.4 Å². The molecular formula is C17H25N3S. The predicted molar refractivity (Wildman–Crippen MR) is 89.8 cm³/mol. The van der Waals surface area contributed by atoms with Gasteiger partial charge in [-0.3, -0.25) is 4.98 Å². The summed E-state index contributed by atoms with van der Waals surface area (Å²) in [6.07, 6.45) is 3.88. The highest BCUT2D eigenvalue weighted by atomic mass is 32.1. The zero-order valence-electron chi connectivity index (χ0n) is 13.4. The molecule has 1 atom stereocenters. The van der Waals surface area contributed by atoms with Crippen molar-refractivity contribution in [3.63, 3.8) is 0 Å². The Bertz CT molecular complexity index is 543. The standard InChI is InChI=1S/C17H25N3S/c1-5-9-18-14(13-8-6-7-10-19-13)11-16-20-15(12-21-16)17(2,3)4/h6-8,10,12,14,18H,5,9,11H2,1-4H3. The summed E-state index contributed by atoms with van der Waals surface area (Å²) in [7, 11) is 0. The van der Waals surface area contributed by atoms with E-state index in [-0.39, 0.29) is 11.5 Å². The Morgan fingerprint density at radius 1 is 1.29 bits per heavy atom. The van der Waals surface area contributed by atoms with Crippen molar-refractivity contribution in [1.29, 1.82) is 0 Å². The van der Waals surface area contributed by atoms with Gasteiger partial charge < -0.3 is 5.32 Å². The minimum Gasteiger partial charge on any atom is -0.308 e. The Hall–Kier alpha value is -1.26. The quantitative estimate of drug-likeness (QED) is 0.872. The fourth-order valence-corrected chi connectivity index (χ4v) is 3.17. The van der Waals surface area contributed by atoms with Gasteiger partial charge in [0.2, 0.25) is 0 Å².